The van der Waals surface area contributed by atoms with Crippen LogP contribution in [-0.2, 0) is 9.59 Å². The first-order valence-electron chi connectivity index (χ1n) is 7.35. The van der Waals surface area contributed by atoms with Crippen molar-refractivity contribution in [1.82, 2.24) is 10.6 Å². The van der Waals surface area contributed by atoms with Crippen LogP contribution in [0.3, 0.4) is 0 Å². The highest BCUT2D eigenvalue weighted by Gasteiger charge is 2.09. The molecule has 0 spiro atoms. The molecule has 5 heteroatoms. The molecule has 21 heavy (non-hydrogen) atoms. The molecule has 0 bridgehead atoms. The Bertz CT molecular complexity index is 446. The number of carbonyl (C=O) groups is 2. The van der Waals surface area contributed by atoms with E-state index in [2.05, 4.69) is 10.6 Å². The molecular formula is C16H25N3O2. The van der Waals surface area contributed by atoms with Crippen LogP contribution >= 0.6 is 0 Å². The van der Waals surface area contributed by atoms with E-state index in [1.54, 1.807) is 0 Å². The van der Waals surface area contributed by atoms with Gasteiger partial charge < -0.3 is 16.4 Å². The molecule has 1 atom stereocenters. The zero-order valence-corrected chi connectivity index (χ0v) is 12.8. The molecule has 116 valence electrons. The van der Waals surface area contributed by atoms with Crippen molar-refractivity contribution in [3.63, 3.8) is 0 Å². The molecule has 1 aromatic rings. The fourth-order valence-corrected chi connectivity index (χ4v) is 1.93. The van der Waals surface area contributed by atoms with Crippen LogP contribution in [0.15, 0.2) is 30.3 Å². The van der Waals surface area contributed by atoms with Gasteiger partial charge in [0, 0.05) is 31.5 Å². The summed E-state index contributed by atoms with van der Waals surface area (Å²) in [7, 11) is 0. The van der Waals surface area contributed by atoms with Crippen LogP contribution in [-0.4, -0.2) is 24.4 Å². The molecule has 0 aromatic heterocycles. The van der Waals surface area contributed by atoms with E-state index in [4.69, 9.17) is 5.73 Å². The van der Waals surface area contributed by atoms with Gasteiger partial charge in [-0.05, 0) is 25.8 Å². The van der Waals surface area contributed by atoms with Crippen LogP contribution in [0.1, 0.15) is 44.7 Å². The molecule has 0 saturated carbocycles. The second-order valence-corrected chi connectivity index (χ2v) is 5.40. The summed E-state index contributed by atoms with van der Waals surface area (Å²) >= 11 is 0. The topological polar surface area (TPSA) is 84.2 Å². The summed E-state index contributed by atoms with van der Waals surface area (Å²) in [4.78, 5) is 23.1. The first-order valence-corrected chi connectivity index (χ1v) is 7.35. The lowest BCUT2D eigenvalue weighted by Gasteiger charge is -2.13. The third-order valence-electron chi connectivity index (χ3n) is 3.00. The van der Waals surface area contributed by atoms with Gasteiger partial charge in [0.15, 0.2) is 0 Å². The van der Waals surface area contributed by atoms with Crippen molar-refractivity contribution in [1.29, 1.82) is 0 Å². The van der Waals surface area contributed by atoms with Crippen molar-refractivity contribution < 1.29 is 9.59 Å². The Morgan fingerprint density at radius 3 is 2.33 bits per heavy atom. The quantitative estimate of drug-likeness (QED) is 0.678. The number of nitrogens with two attached hydrogens (primary N) is 1. The maximum atomic E-state index is 11.7. The zero-order valence-electron chi connectivity index (χ0n) is 12.8. The van der Waals surface area contributed by atoms with Crippen LogP contribution in [0, 0.1) is 0 Å². The van der Waals surface area contributed by atoms with Crippen LogP contribution in [0.5, 0.6) is 0 Å². The predicted molar refractivity (Wildman–Crippen MR) is 83.5 cm³/mol. The summed E-state index contributed by atoms with van der Waals surface area (Å²) in [5, 5.41) is 5.60. The van der Waals surface area contributed by atoms with Crippen molar-refractivity contribution in [3.8, 4) is 0 Å². The van der Waals surface area contributed by atoms with Gasteiger partial charge in [-0.1, -0.05) is 30.3 Å². The Hall–Kier alpha value is -1.88. The van der Waals surface area contributed by atoms with Crippen molar-refractivity contribution in [2.75, 3.05) is 6.54 Å². The smallest absolute Gasteiger partial charge is 0.220 e. The van der Waals surface area contributed by atoms with Gasteiger partial charge >= 0.3 is 0 Å². The molecular weight excluding hydrogens is 266 g/mol. The van der Waals surface area contributed by atoms with Gasteiger partial charge in [0.05, 0.1) is 0 Å². The molecule has 0 aliphatic heterocycles. The minimum Gasteiger partial charge on any atom is -0.354 e. The fraction of sp³-hybridized carbons (Fsp3) is 0.500. The highest BCUT2D eigenvalue weighted by molar-refractivity contribution is 5.78. The van der Waals surface area contributed by atoms with E-state index < -0.39 is 0 Å². The summed E-state index contributed by atoms with van der Waals surface area (Å²) in [6.45, 7) is 4.23. The van der Waals surface area contributed by atoms with E-state index >= 15 is 0 Å². The first kappa shape index (κ1) is 17.2. The summed E-state index contributed by atoms with van der Waals surface area (Å²) < 4.78 is 0. The predicted octanol–water partition coefficient (Wildman–Crippen LogP) is 1.50. The van der Waals surface area contributed by atoms with E-state index in [0.717, 1.165) is 5.56 Å². The number of rotatable bonds is 8. The van der Waals surface area contributed by atoms with Gasteiger partial charge in [-0.2, -0.15) is 0 Å². The fourth-order valence-electron chi connectivity index (χ4n) is 1.93. The largest absolute Gasteiger partial charge is 0.354 e. The molecule has 0 fully saturated rings. The number of hydrogen-bond acceptors (Lipinski definition) is 3. The number of nitrogens with one attached hydrogen (secondary N) is 2. The average Bonchev–Trinajstić information content (AvgIpc) is 2.45. The number of hydrogen-bond donors (Lipinski definition) is 3. The lowest BCUT2D eigenvalue weighted by atomic mass is 10.1. The van der Waals surface area contributed by atoms with Gasteiger partial charge in [-0.25, -0.2) is 0 Å². The Balaban J connectivity index is 2.18. The van der Waals surface area contributed by atoms with Crippen LogP contribution < -0.4 is 16.4 Å². The van der Waals surface area contributed by atoms with Gasteiger partial charge in [0.2, 0.25) is 11.8 Å². The second-order valence-electron chi connectivity index (χ2n) is 5.40. The maximum absolute atomic E-state index is 11.7. The van der Waals surface area contributed by atoms with E-state index in [0.29, 0.717) is 25.8 Å². The second kappa shape index (κ2) is 9.13. The third kappa shape index (κ3) is 7.46. The number of amides is 2. The van der Waals surface area contributed by atoms with Gasteiger partial charge in [0.25, 0.3) is 0 Å². The van der Waals surface area contributed by atoms with Crippen molar-refractivity contribution in [3.05, 3.63) is 35.9 Å². The Morgan fingerprint density at radius 2 is 1.71 bits per heavy atom. The first-order chi connectivity index (χ1) is 9.99. The van der Waals surface area contributed by atoms with E-state index in [9.17, 15) is 9.59 Å². The molecule has 0 radical (unpaired) electrons. The summed E-state index contributed by atoms with van der Waals surface area (Å²) in [6.07, 6.45) is 1.26. The van der Waals surface area contributed by atoms with Gasteiger partial charge in [0.1, 0.15) is 0 Å². The van der Waals surface area contributed by atoms with Crippen molar-refractivity contribution in [2.45, 2.75) is 45.2 Å². The lowest BCUT2D eigenvalue weighted by molar-refractivity contribution is -0.122. The van der Waals surface area contributed by atoms with Crippen LogP contribution in [0.2, 0.25) is 0 Å². The monoisotopic (exact) mass is 291 g/mol. The van der Waals surface area contributed by atoms with E-state index in [1.807, 2.05) is 44.2 Å². The molecule has 0 aliphatic carbocycles. The Labute approximate surface area is 126 Å². The highest BCUT2D eigenvalue weighted by atomic mass is 16.2. The Morgan fingerprint density at radius 1 is 1.10 bits per heavy atom. The molecule has 0 aliphatic rings. The standard InChI is InChI=1S/C16H25N3O2/c1-12(2)19-16(21)10-6-9-15(20)18-11-14(17)13-7-4-3-5-8-13/h3-5,7-8,12,14H,6,9-11,17H2,1-2H3,(H,18,20)(H,19,21). The van der Waals surface area contributed by atoms with Gasteiger partial charge in [-0.15, -0.1) is 0 Å². The third-order valence-corrected chi connectivity index (χ3v) is 3.00. The minimum absolute atomic E-state index is 0.0150. The van der Waals surface area contributed by atoms with Crippen LogP contribution in [0.4, 0.5) is 0 Å². The lowest BCUT2D eigenvalue weighted by Crippen LogP contribution is -2.32. The molecule has 4 N–H and O–H groups in total. The highest BCUT2D eigenvalue weighted by Crippen LogP contribution is 2.08. The SMILES string of the molecule is CC(C)NC(=O)CCCC(=O)NCC(N)c1ccccc1. The molecule has 5 nitrogen and oxygen atoms in total. The molecule has 0 saturated heterocycles. The van der Waals surface area contributed by atoms with E-state index in [-0.39, 0.29) is 23.9 Å². The normalized spacial score (nSPS) is 12.0. The molecule has 1 rings (SSSR count). The van der Waals surface area contributed by atoms with E-state index in [1.165, 1.54) is 0 Å². The molecule has 2 amide bonds. The van der Waals surface area contributed by atoms with Crippen molar-refractivity contribution >= 4 is 11.8 Å². The molecule has 0 heterocycles. The van der Waals surface area contributed by atoms with Crippen molar-refractivity contribution in [2.24, 2.45) is 5.73 Å². The zero-order chi connectivity index (χ0) is 15.7. The number of carbonyl (C=O) groups excluding carboxylic acids is 2. The summed E-state index contributed by atoms with van der Waals surface area (Å²) in [6, 6.07) is 9.57. The minimum atomic E-state index is -0.209. The Kier molecular flexibility index (Phi) is 7.46. The summed E-state index contributed by atoms with van der Waals surface area (Å²) in [5.41, 5.74) is 6.99. The number of benzene rings is 1. The average molecular weight is 291 g/mol. The molecule has 1 unspecified atom stereocenters. The molecule has 1 aromatic carbocycles. The summed E-state index contributed by atoms with van der Waals surface area (Å²) in [5.74, 6) is -0.0856. The maximum Gasteiger partial charge on any atom is 0.220 e. The van der Waals surface area contributed by atoms with Crippen LogP contribution in [0.25, 0.3) is 0 Å². The van der Waals surface area contributed by atoms with Gasteiger partial charge in [-0.3, -0.25) is 9.59 Å².